The first-order valence-electron chi connectivity index (χ1n) is 8.24. The van der Waals surface area contributed by atoms with Gasteiger partial charge in [0.25, 0.3) is 0 Å². The molecule has 4 aliphatic rings. The van der Waals surface area contributed by atoms with Crippen LogP contribution < -0.4 is 0 Å². The van der Waals surface area contributed by atoms with Crippen LogP contribution in [0, 0.1) is 11.8 Å². The van der Waals surface area contributed by atoms with Gasteiger partial charge in [0, 0.05) is 17.7 Å². The van der Waals surface area contributed by atoms with Gasteiger partial charge in [0.1, 0.15) is 0 Å². The molecule has 2 saturated carbocycles. The van der Waals surface area contributed by atoms with Gasteiger partial charge in [-0.25, -0.2) is 8.42 Å². The molecule has 4 fully saturated rings. The summed E-state index contributed by atoms with van der Waals surface area (Å²) in [7, 11) is -2.94. The van der Waals surface area contributed by atoms with Gasteiger partial charge in [-0.15, -0.1) is 0 Å². The predicted octanol–water partition coefficient (Wildman–Crippen LogP) is 1.68. The van der Waals surface area contributed by atoms with Crippen molar-refractivity contribution in [3.05, 3.63) is 0 Å². The Morgan fingerprint density at radius 1 is 1.27 bits per heavy atom. The van der Waals surface area contributed by atoms with Gasteiger partial charge in [-0.1, -0.05) is 25.1 Å². The number of nitrogens with zero attached hydrogens (tertiary/aromatic N) is 2. The lowest BCUT2D eigenvalue weighted by molar-refractivity contribution is -0.117. The van der Waals surface area contributed by atoms with Crippen molar-refractivity contribution in [3.8, 4) is 0 Å². The van der Waals surface area contributed by atoms with E-state index in [2.05, 4.69) is 9.89 Å². The van der Waals surface area contributed by atoms with E-state index in [1.54, 1.807) is 0 Å². The van der Waals surface area contributed by atoms with Crippen LogP contribution in [0.25, 0.3) is 0 Å². The number of amidine groups is 1. The molecule has 0 unspecified atom stereocenters. The molecule has 5 nitrogen and oxygen atoms in total. The fourth-order valence-corrected chi connectivity index (χ4v) is 8.71. The van der Waals surface area contributed by atoms with Crippen molar-refractivity contribution in [2.24, 2.45) is 16.8 Å². The average molecular weight is 342 g/mol. The monoisotopic (exact) mass is 342 g/mol. The minimum atomic E-state index is -2.94. The molecule has 5 atom stereocenters. The maximum Gasteiger partial charge on any atom is 0.247 e. The number of carbonyl (C=O) groups excluding carboxylic acids is 1. The molecule has 2 heterocycles. The lowest BCUT2D eigenvalue weighted by atomic mass is 9.93. The molecule has 0 N–H and O–H groups in total. The van der Waals surface area contributed by atoms with Crippen molar-refractivity contribution in [3.63, 3.8) is 0 Å². The molecule has 0 aromatic carbocycles. The second kappa shape index (κ2) is 5.23. The fraction of sp³-hybridized carbons (Fsp3) is 0.867. The van der Waals surface area contributed by atoms with E-state index in [1.165, 1.54) is 31.0 Å². The first-order valence-corrected chi connectivity index (χ1v) is 10.9. The number of rotatable bonds is 2. The topological polar surface area (TPSA) is 66.8 Å². The molecule has 4 rings (SSSR count). The summed E-state index contributed by atoms with van der Waals surface area (Å²) in [5.41, 5.74) is 0. The molecule has 0 aromatic rings. The maximum atomic E-state index is 12.0. The summed E-state index contributed by atoms with van der Waals surface area (Å²) < 4.78 is 24.0. The summed E-state index contributed by atoms with van der Waals surface area (Å²) in [6.45, 7) is 1.82. The average Bonchev–Trinajstić information content (AvgIpc) is 3.17. The summed E-state index contributed by atoms with van der Waals surface area (Å²) in [5, 5.41) is 0.863. The van der Waals surface area contributed by atoms with Crippen LogP contribution in [0.5, 0.6) is 0 Å². The Labute approximate surface area is 135 Å². The molecule has 2 bridgehead atoms. The van der Waals surface area contributed by atoms with Crippen molar-refractivity contribution >= 4 is 32.7 Å². The number of hydrogen-bond acceptors (Lipinski definition) is 4. The molecule has 1 amide bonds. The normalized spacial score (nSPS) is 44.0. The number of carbonyl (C=O) groups is 1. The number of hydrogen-bond donors (Lipinski definition) is 0. The highest BCUT2D eigenvalue weighted by Crippen LogP contribution is 2.51. The van der Waals surface area contributed by atoms with E-state index >= 15 is 0 Å². The number of amides is 1. The zero-order valence-electron chi connectivity index (χ0n) is 12.8. The largest absolute Gasteiger partial charge is 0.343 e. The fourth-order valence-electron chi connectivity index (χ4n) is 4.72. The van der Waals surface area contributed by atoms with E-state index in [9.17, 15) is 13.2 Å². The highest BCUT2D eigenvalue weighted by Gasteiger charge is 2.54. The third kappa shape index (κ3) is 2.40. The van der Waals surface area contributed by atoms with Gasteiger partial charge in [0.15, 0.2) is 15.0 Å². The van der Waals surface area contributed by atoms with Crippen molar-refractivity contribution < 1.29 is 13.2 Å². The maximum absolute atomic E-state index is 12.0. The van der Waals surface area contributed by atoms with Crippen LogP contribution in [0.4, 0.5) is 0 Å². The second-order valence-corrected chi connectivity index (χ2v) is 10.5. The van der Waals surface area contributed by atoms with E-state index in [4.69, 9.17) is 0 Å². The number of aliphatic imine (C=N–C) groups is 1. The van der Waals surface area contributed by atoms with E-state index in [0.29, 0.717) is 18.4 Å². The molecule has 122 valence electrons. The van der Waals surface area contributed by atoms with Gasteiger partial charge < -0.3 is 4.90 Å². The number of fused-ring (bicyclic) bond motifs is 3. The predicted molar refractivity (Wildman–Crippen MR) is 87.6 cm³/mol. The lowest BCUT2D eigenvalue weighted by Crippen LogP contribution is -2.47. The smallest absolute Gasteiger partial charge is 0.247 e. The van der Waals surface area contributed by atoms with E-state index in [-0.39, 0.29) is 28.7 Å². The van der Waals surface area contributed by atoms with E-state index < -0.39 is 9.84 Å². The van der Waals surface area contributed by atoms with Gasteiger partial charge in [-0.3, -0.25) is 4.79 Å². The van der Waals surface area contributed by atoms with Crippen molar-refractivity contribution in [2.75, 3.05) is 11.5 Å². The van der Waals surface area contributed by atoms with Crippen LogP contribution >= 0.6 is 11.8 Å². The molecule has 2 aliphatic carbocycles. The van der Waals surface area contributed by atoms with E-state index in [0.717, 1.165) is 17.5 Å². The summed E-state index contributed by atoms with van der Waals surface area (Å²) in [4.78, 5) is 18.3. The third-order valence-electron chi connectivity index (χ3n) is 5.69. The minimum Gasteiger partial charge on any atom is -0.343 e. The standard InChI is InChI=1S/C15H22N2O3S2/c1-2-14(18)16-15-17(11-6-9-3-4-10(11)5-9)12-7-22(19,20)8-13(12)21-15/h9-13H,2-8H2,1H3/t9-,10-,11-,12+,13+/m0/s1. The summed E-state index contributed by atoms with van der Waals surface area (Å²) in [5.74, 6) is 1.82. The van der Waals surface area contributed by atoms with Crippen molar-refractivity contribution in [1.82, 2.24) is 4.90 Å². The van der Waals surface area contributed by atoms with Gasteiger partial charge in [-0.05, 0) is 31.1 Å². The molecule has 2 aliphatic heterocycles. The van der Waals surface area contributed by atoms with Gasteiger partial charge >= 0.3 is 0 Å². The van der Waals surface area contributed by atoms with Crippen LogP contribution in [-0.2, 0) is 14.6 Å². The quantitative estimate of drug-likeness (QED) is 0.764. The molecule has 0 radical (unpaired) electrons. The van der Waals surface area contributed by atoms with Gasteiger partial charge in [0.05, 0.1) is 17.5 Å². The Kier molecular flexibility index (Phi) is 3.56. The van der Waals surface area contributed by atoms with Crippen LogP contribution in [-0.4, -0.2) is 53.2 Å². The first kappa shape index (κ1) is 15.0. The Morgan fingerprint density at radius 3 is 2.73 bits per heavy atom. The summed E-state index contributed by atoms with van der Waals surface area (Å²) in [6, 6.07) is 0.431. The molecule has 2 saturated heterocycles. The molecule has 7 heteroatoms. The highest BCUT2D eigenvalue weighted by atomic mass is 32.2. The SMILES string of the molecule is CCC(=O)N=C1S[C@@H]2CS(=O)(=O)C[C@H]2N1[C@H]1C[C@H]2CC[C@H]1C2. The van der Waals surface area contributed by atoms with E-state index in [1.807, 2.05) is 6.92 Å². The number of thioether (sulfide) groups is 1. The van der Waals surface area contributed by atoms with Crippen LogP contribution in [0.3, 0.4) is 0 Å². The van der Waals surface area contributed by atoms with Gasteiger partial charge in [-0.2, -0.15) is 4.99 Å². The highest BCUT2D eigenvalue weighted by molar-refractivity contribution is 8.15. The summed E-state index contributed by atoms with van der Waals surface area (Å²) in [6.07, 6.45) is 5.38. The second-order valence-electron chi connectivity index (χ2n) is 7.09. The molecular formula is C15H22N2O3S2. The minimum absolute atomic E-state index is 0.0303. The molecule has 0 spiro atoms. The molecular weight excluding hydrogens is 320 g/mol. The molecule has 0 aromatic heterocycles. The zero-order valence-corrected chi connectivity index (χ0v) is 14.4. The zero-order chi connectivity index (χ0) is 15.5. The van der Waals surface area contributed by atoms with Crippen LogP contribution in [0.1, 0.15) is 39.0 Å². The van der Waals surface area contributed by atoms with Crippen LogP contribution in [0.15, 0.2) is 4.99 Å². The third-order valence-corrected chi connectivity index (χ3v) is 8.91. The Morgan fingerprint density at radius 2 is 2.09 bits per heavy atom. The van der Waals surface area contributed by atoms with Crippen molar-refractivity contribution in [1.29, 1.82) is 0 Å². The Hall–Kier alpha value is -0.560. The van der Waals surface area contributed by atoms with Gasteiger partial charge in [0.2, 0.25) is 5.91 Å². The van der Waals surface area contributed by atoms with Crippen molar-refractivity contribution in [2.45, 2.75) is 56.4 Å². The lowest BCUT2D eigenvalue weighted by Gasteiger charge is -2.36. The Balaban J connectivity index is 1.66. The Bertz CT molecular complexity index is 631. The first-order chi connectivity index (χ1) is 10.5. The molecule has 22 heavy (non-hydrogen) atoms. The summed E-state index contributed by atoms with van der Waals surface area (Å²) >= 11 is 1.53. The number of sulfone groups is 1. The van der Waals surface area contributed by atoms with Crippen LogP contribution in [0.2, 0.25) is 0 Å².